The average molecular weight is 525 g/mol. The minimum Gasteiger partial charge on any atom is -0.450 e. The molecule has 5 saturated heterocycles. The molecule has 2 bridgehead atoms. The second-order valence-electron chi connectivity index (χ2n) is 11.3. The lowest BCUT2D eigenvalue weighted by Crippen LogP contribution is -2.70. The molecule has 6 rings (SSSR count). The van der Waals surface area contributed by atoms with Crippen LogP contribution in [0.25, 0.3) is 0 Å². The number of piperazine rings is 1. The van der Waals surface area contributed by atoms with Crippen molar-refractivity contribution in [2.24, 2.45) is 23.7 Å². The summed E-state index contributed by atoms with van der Waals surface area (Å²) in [5.74, 6) is -0.871. The Morgan fingerprint density at radius 2 is 1.68 bits per heavy atom. The molecule has 1 spiro atoms. The van der Waals surface area contributed by atoms with E-state index in [-0.39, 0.29) is 42.6 Å². The molecular formula is C26H40N2O9. The molecule has 0 aromatic heterocycles. The highest BCUT2D eigenvalue weighted by atomic mass is 17.3. The fraction of sp³-hybridized carbons (Fsp3) is 0.885. The van der Waals surface area contributed by atoms with Gasteiger partial charge in [-0.1, -0.05) is 13.8 Å². The van der Waals surface area contributed by atoms with Crippen LogP contribution in [-0.2, 0) is 38.3 Å². The Balaban J connectivity index is 1.16. The van der Waals surface area contributed by atoms with Gasteiger partial charge in [-0.15, -0.1) is 0 Å². The van der Waals surface area contributed by atoms with Crippen molar-refractivity contribution in [1.29, 1.82) is 0 Å². The zero-order valence-corrected chi connectivity index (χ0v) is 22.3. The number of nitrogens with zero attached hydrogens (tertiary/aromatic N) is 2. The van der Waals surface area contributed by atoms with Crippen molar-refractivity contribution in [2.75, 3.05) is 32.8 Å². The second kappa shape index (κ2) is 10.3. The van der Waals surface area contributed by atoms with Crippen LogP contribution in [0, 0.1) is 23.7 Å². The van der Waals surface area contributed by atoms with Crippen molar-refractivity contribution >= 4 is 18.0 Å². The van der Waals surface area contributed by atoms with E-state index < -0.39 is 29.9 Å². The molecule has 5 heterocycles. The van der Waals surface area contributed by atoms with E-state index in [1.807, 2.05) is 13.8 Å². The van der Waals surface area contributed by atoms with Gasteiger partial charge < -0.3 is 28.7 Å². The summed E-state index contributed by atoms with van der Waals surface area (Å²) in [5.41, 5.74) is -0.711. The summed E-state index contributed by atoms with van der Waals surface area (Å²) in [6.45, 7) is 9.87. The first kappa shape index (κ1) is 26.6. The number of hydrogen-bond donors (Lipinski definition) is 0. The van der Waals surface area contributed by atoms with E-state index in [0.29, 0.717) is 45.1 Å². The van der Waals surface area contributed by atoms with Gasteiger partial charge in [0.15, 0.2) is 11.9 Å². The van der Waals surface area contributed by atoms with Crippen LogP contribution in [0.1, 0.15) is 66.2 Å². The van der Waals surface area contributed by atoms with Gasteiger partial charge in [0.2, 0.25) is 18.0 Å². The van der Waals surface area contributed by atoms with Gasteiger partial charge in [0, 0.05) is 50.9 Å². The molecule has 0 aromatic rings. The largest absolute Gasteiger partial charge is 0.450 e. The summed E-state index contributed by atoms with van der Waals surface area (Å²) < 4.78 is 23.4. The molecule has 6 aliphatic rings. The summed E-state index contributed by atoms with van der Waals surface area (Å²) in [6, 6.07) is 0. The van der Waals surface area contributed by atoms with Crippen molar-refractivity contribution in [1.82, 2.24) is 9.80 Å². The minimum atomic E-state index is -0.892. The van der Waals surface area contributed by atoms with Crippen molar-refractivity contribution in [3.8, 4) is 0 Å². The van der Waals surface area contributed by atoms with Gasteiger partial charge in [-0.25, -0.2) is 14.6 Å². The van der Waals surface area contributed by atoms with Crippen LogP contribution in [0.4, 0.5) is 4.79 Å². The van der Waals surface area contributed by atoms with Crippen LogP contribution in [0.2, 0.25) is 0 Å². The molecule has 37 heavy (non-hydrogen) atoms. The first-order chi connectivity index (χ1) is 17.7. The Kier molecular flexibility index (Phi) is 7.43. The number of rotatable bonds is 5. The van der Waals surface area contributed by atoms with Gasteiger partial charge in [-0.2, -0.15) is 0 Å². The zero-order valence-electron chi connectivity index (χ0n) is 22.3. The summed E-state index contributed by atoms with van der Waals surface area (Å²) in [5, 5.41) is 0. The molecule has 208 valence electrons. The van der Waals surface area contributed by atoms with Crippen molar-refractivity contribution < 1.29 is 43.1 Å². The third kappa shape index (κ3) is 4.84. The monoisotopic (exact) mass is 524 g/mol. The minimum absolute atomic E-state index is 0.0399. The molecular weight excluding hydrogens is 484 g/mol. The molecule has 5 aliphatic heterocycles. The predicted octanol–water partition coefficient (Wildman–Crippen LogP) is 2.82. The quantitative estimate of drug-likeness (QED) is 0.396. The van der Waals surface area contributed by atoms with Crippen molar-refractivity contribution in [3.63, 3.8) is 0 Å². The lowest BCUT2D eigenvalue weighted by Gasteiger charge is -2.59. The number of esters is 1. The molecule has 11 heteroatoms. The number of amides is 2. The van der Waals surface area contributed by atoms with Gasteiger partial charge in [-0.3, -0.25) is 9.59 Å². The maximum atomic E-state index is 12.8. The van der Waals surface area contributed by atoms with E-state index in [1.54, 1.807) is 16.7 Å². The Bertz CT molecular complexity index is 893. The molecule has 1 aliphatic carbocycles. The van der Waals surface area contributed by atoms with E-state index in [4.69, 9.17) is 28.7 Å². The number of ether oxygens (including phenoxy) is 4. The first-order valence-corrected chi connectivity index (χ1v) is 13.8. The SMILES string of the molecule is CCOC(=O)N1CCN(C(=O)CCC(=O)O[C@@H]2O[C@@H]3O[C@@]4(C)CC[C@H]5[C@H](C)CC[C@@H]([C@H]2C)[C@@]35OO4)CC1. The lowest BCUT2D eigenvalue weighted by molar-refractivity contribution is -0.576. The molecule has 11 nitrogen and oxygen atoms in total. The molecule has 8 atom stereocenters. The van der Waals surface area contributed by atoms with E-state index in [1.165, 1.54) is 0 Å². The predicted molar refractivity (Wildman–Crippen MR) is 127 cm³/mol. The highest BCUT2D eigenvalue weighted by Gasteiger charge is 2.69. The van der Waals surface area contributed by atoms with Crippen LogP contribution in [0.5, 0.6) is 0 Å². The maximum absolute atomic E-state index is 12.8. The highest BCUT2D eigenvalue weighted by molar-refractivity contribution is 5.81. The summed E-state index contributed by atoms with van der Waals surface area (Å²) in [4.78, 5) is 52.5. The summed E-state index contributed by atoms with van der Waals surface area (Å²) in [7, 11) is 0. The summed E-state index contributed by atoms with van der Waals surface area (Å²) >= 11 is 0. The summed E-state index contributed by atoms with van der Waals surface area (Å²) in [6.07, 6.45) is 1.79. The van der Waals surface area contributed by atoms with Crippen molar-refractivity contribution in [2.45, 2.75) is 90.2 Å². The van der Waals surface area contributed by atoms with Crippen LogP contribution < -0.4 is 0 Å². The molecule has 0 N–H and O–H groups in total. The molecule has 6 fully saturated rings. The molecule has 0 aromatic carbocycles. The van der Waals surface area contributed by atoms with E-state index >= 15 is 0 Å². The molecule has 0 unspecified atom stereocenters. The third-order valence-electron chi connectivity index (χ3n) is 9.05. The van der Waals surface area contributed by atoms with Gasteiger partial charge in [-0.05, 0) is 44.9 Å². The van der Waals surface area contributed by atoms with Crippen LogP contribution >= 0.6 is 0 Å². The lowest BCUT2D eigenvalue weighted by atomic mass is 9.58. The fourth-order valence-electron chi connectivity index (χ4n) is 6.92. The standard InChI is InChI=1S/C26H40N2O9/c1-5-32-24(31)28-14-12-27(13-15-28)20(29)8-9-21(30)33-22-17(3)19-7-6-16(2)18-10-11-25(4)35-23(34-22)26(18,19)37-36-25/h16-19,22-23H,5-15H2,1-4H3/t16-,17-,18+,19+,22-,23-,25-,26-/m1/s1. The molecule has 1 saturated carbocycles. The maximum Gasteiger partial charge on any atom is 0.409 e. The number of hydrogen-bond acceptors (Lipinski definition) is 9. The van der Waals surface area contributed by atoms with E-state index in [9.17, 15) is 14.4 Å². The van der Waals surface area contributed by atoms with Crippen molar-refractivity contribution in [3.05, 3.63) is 0 Å². The topological polar surface area (TPSA) is 113 Å². The van der Waals surface area contributed by atoms with Crippen LogP contribution in [-0.4, -0.2) is 84.5 Å². The fourth-order valence-corrected chi connectivity index (χ4v) is 6.92. The number of carbonyl (C=O) groups excluding carboxylic acids is 3. The van der Waals surface area contributed by atoms with Crippen LogP contribution in [0.15, 0.2) is 0 Å². The Morgan fingerprint density at radius 3 is 2.41 bits per heavy atom. The van der Waals surface area contributed by atoms with Gasteiger partial charge in [0.25, 0.3) is 0 Å². The normalized spacial score (nSPS) is 41.0. The number of fused-ring (bicyclic) bond motifs is 2. The van der Waals surface area contributed by atoms with Crippen LogP contribution in [0.3, 0.4) is 0 Å². The highest BCUT2D eigenvalue weighted by Crippen LogP contribution is 2.60. The first-order valence-electron chi connectivity index (χ1n) is 13.8. The Morgan fingerprint density at radius 1 is 0.946 bits per heavy atom. The third-order valence-corrected chi connectivity index (χ3v) is 9.05. The van der Waals surface area contributed by atoms with Gasteiger partial charge in [0.05, 0.1) is 13.0 Å². The smallest absolute Gasteiger partial charge is 0.409 e. The van der Waals surface area contributed by atoms with E-state index in [0.717, 1.165) is 19.3 Å². The zero-order chi connectivity index (χ0) is 26.4. The average Bonchev–Trinajstić information content (AvgIpc) is 3.11. The van der Waals surface area contributed by atoms with E-state index in [2.05, 4.69) is 6.92 Å². The molecule has 0 radical (unpaired) electrons. The second-order valence-corrected chi connectivity index (χ2v) is 11.3. The Labute approximate surface area is 217 Å². The van der Waals surface area contributed by atoms with Gasteiger partial charge in [0.1, 0.15) is 0 Å². The number of carbonyl (C=O) groups is 3. The molecule has 2 amide bonds. The van der Waals surface area contributed by atoms with Gasteiger partial charge >= 0.3 is 12.1 Å². The Hall–Kier alpha value is -1.95.